The maximum Gasteiger partial charge on any atom is 0.247 e. The first-order valence-corrected chi connectivity index (χ1v) is 22.4. The minimum atomic E-state index is -0.709. The predicted octanol–water partition coefficient (Wildman–Crippen LogP) is 4.56. The van der Waals surface area contributed by atoms with Crippen LogP contribution in [-0.2, 0) is 28.8 Å². The predicted molar refractivity (Wildman–Crippen MR) is 233 cm³/mol. The van der Waals surface area contributed by atoms with Gasteiger partial charge in [0.25, 0.3) is 0 Å². The molecule has 2 aromatic rings. The number of amides is 6. The number of hydrogen-bond donors (Lipinski definition) is 6. The molecule has 6 N–H and O–H groups in total. The van der Waals surface area contributed by atoms with Gasteiger partial charge >= 0.3 is 0 Å². The number of carbonyl (C=O) groups is 6. The highest BCUT2D eigenvalue weighted by atomic mass is 16.2. The van der Waals surface area contributed by atoms with Crippen molar-refractivity contribution in [3.8, 4) is 11.1 Å². The fourth-order valence-electron chi connectivity index (χ4n) is 9.57. The number of benzene rings is 2. The lowest BCUT2D eigenvalue weighted by Crippen LogP contribution is -2.57. The van der Waals surface area contributed by atoms with Crippen LogP contribution in [0.3, 0.4) is 0 Å². The van der Waals surface area contributed by atoms with Crippen molar-refractivity contribution in [2.45, 2.75) is 140 Å². The summed E-state index contributed by atoms with van der Waals surface area (Å²) in [7, 11) is 3.42. The van der Waals surface area contributed by atoms with Crippen LogP contribution in [0.25, 0.3) is 11.1 Å². The third-order valence-corrected chi connectivity index (χ3v) is 13.4. The molecule has 6 amide bonds. The van der Waals surface area contributed by atoms with Gasteiger partial charge in [-0.3, -0.25) is 28.8 Å². The second kappa shape index (κ2) is 21.1. The first kappa shape index (κ1) is 44.7. The highest BCUT2D eigenvalue weighted by Gasteiger charge is 2.43. The largest absolute Gasteiger partial charge is 0.343 e. The van der Waals surface area contributed by atoms with Crippen LogP contribution < -0.4 is 31.9 Å². The molecule has 60 heavy (non-hydrogen) atoms. The minimum absolute atomic E-state index is 0.0109. The van der Waals surface area contributed by atoms with Crippen LogP contribution in [0.15, 0.2) is 48.5 Å². The van der Waals surface area contributed by atoms with Gasteiger partial charge in [-0.05, 0) is 103 Å². The van der Waals surface area contributed by atoms with Gasteiger partial charge in [-0.15, -0.1) is 0 Å². The third-order valence-electron chi connectivity index (χ3n) is 13.4. The van der Waals surface area contributed by atoms with Crippen LogP contribution in [0.2, 0.25) is 0 Å². The smallest absolute Gasteiger partial charge is 0.247 e. The quantitative estimate of drug-likeness (QED) is 0.151. The second-order valence-corrected chi connectivity index (χ2v) is 17.2. The summed E-state index contributed by atoms with van der Waals surface area (Å²) in [6, 6.07) is 11.0. The van der Waals surface area contributed by atoms with Crippen LogP contribution in [0.4, 0.5) is 11.4 Å². The van der Waals surface area contributed by atoms with E-state index in [2.05, 4.69) is 31.9 Å². The number of anilines is 2. The Labute approximate surface area is 355 Å². The molecular formula is C46H66N8O6. The SMILES string of the molecule is CN[C@@H](C)C(=O)N[C@H](C(=O)N1CCCC1C(=O)Nc1ccccc1-c1ccccc1NC(=O)C1CCCN1C(=O)[C@@H](NC(=O)[C@H](C)NC)C1CCCCC1)C1CCCCC1. The molecular weight excluding hydrogens is 761 g/mol. The van der Waals surface area contributed by atoms with Gasteiger partial charge < -0.3 is 41.7 Å². The van der Waals surface area contributed by atoms with Gasteiger partial charge in [-0.25, -0.2) is 0 Å². The maximum atomic E-state index is 14.3. The van der Waals surface area contributed by atoms with E-state index in [0.717, 1.165) is 64.2 Å². The van der Waals surface area contributed by atoms with Crippen LogP contribution in [0, 0.1) is 11.8 Å². The van der Waals surface area contributed by atoms with E-state index < -0.39 is 36.3 Å². The van der Waals surface area contributed by atoms with Crippen molar-refractivity contribution in [3.63, 3.8) is 0 Å². The molecule has 2 aliphatic heterocycles. The number of carbonyl (C=O) groups excluding carboxylic acids is 6. The molecule has 2 aliphatic carbocycles. The number of para-hydroxylation sites is 2. The first-order valence-electron chi connectivity index (χ1n) is 22.4. The normalized spacial score (nSPS) is 22.0. The summed E-state index contributed by atoms with van der Waals surface area (Å²) >= 11 is 0. The van der Waals surface area contributed by atoms with E-state index >= 15 is 0 Å². The molecule has 2 saturated carbocycles. The van der Waals surface area contributed by atoms with Gasteiger partial charge in [-0.2, -0.15) is 0 Å². The zero-order valence-electron chi connectivity index (χ0n) is 35.9. The van der Waals surface area contributed by atoms with Crippen LogP contribution in [0.1, 0.15) is 104 Å². The standard InChI is InChI=1S/C46H66N8O6/c1-29(47-3)41(55)51-39(31-17-7-5-8-18-31)45(59)53-27-15-25-37(53)43(57)49-35-23-13-11-21-33(35)34-22-12-14-24-36(34)50-44(58)38-26-16-28-54(38)46(60)40(32-19-9-6-10-20-32)52-42(56)30(2)48-4/h11-14,21-24,29-32,37-40,47-48H,5-10,15-20,25-28H2,1-4H3,(H,49,57)(H,50,58)(H,51,55)(H,52,56)/t29-,30-,37?,38?,39-,40-/m0/s1. The Balaban J connectivity index is 1.18. The molecule has 2 aromatic carbocycles. The highest BCUT2D eigenvalue weighted by Crippen LogP contribution is 2.36. The second-order valence-electron chi connectivity index (χ2n) is 17.2. The van der Waals surface area contributed by atoms with Gasteiger partial charge in [0, 0.05) is 35.6 Å². The van der Waals surface area contributed by atoms with Gasteiger partial charge in [0.15, 0.2) is 0 Å². The zero-order chi connectivity index (χ0) is 42.8. The molecule has 14 nitrogen and oxygen atoms in total. The van der Waals surface area contributed by atoms with Crippen molar-refractivity contribution < 1.29 is 28.8 Å². The van der Waals surface area contributed by atoms with Crippen molar-refractivity contribution in [2.24, 2.45) is 11.8 Å². The van der Waals surface area contributed by atoms with Crippen molar-refractivity contribution in [1.29, 1.82) is 0 Å². The monoisotopic (exact) mass is 827 g/mol. The Morgan fingerprint density at radius 3 is 1.25 bits per heavy atom. The summed E-state index contributed by atoms with van der Waals surface area (Å²) < 4.78 is 0. The first-order chi connectivity index (χ1) is 29.0. The Hall–Kier alpha value is -4.82. The molecule has 0 aromatic heterocycles. The minimum Gasteiger partial charge on any atom is -0.343 e. The summed E-state index contributed by atoms with van der Waals surface area (Å²) in [4.78, 5) is 86.4. The van der Waals surface area contributed by atoms with E-state index in [4.69, 9.17) is 0 Å². The molecule has 0 spiro atoms. The van der Waals surface area contributed by atoms with E-state index in [1.54, 1.807) is 37.7 Å². The molecule has 4 fully saturated rings. The summed E-state index contributed by atoms with van der Waals surface area (Å²) in [5, 5.41) is 18.2. The Kier molecular flexibility index (Phi) is 15.7. The topological polar surface area (TPSA) is 181 Å². The number of nitrogens with zero attached hydrogens (tertiary/aromatic N) is 2. The average Bonchev–Trinajstić information content (AvgIpc) is 3.99. The molecule has 4 aliphatic rings. The lowest BCUT2D eigenvalue weighted by Gasteiger charge is -2.35. The lowest BCUT2D eigenvalue weighted by atomic mass is 9.83. The fraction of sp³-hybridized carbons (Fsp3) is 0.609. The molecule has 2 heterocycles. The van der Waals surface area contributed by atoms with Crippen molar-refractivity contribution >= 4 is 46.8 Å². The number of likely N-dealkylation sites (N-methyl/N-ethyl adjacent to an activating group) is 2. The molecule has 0 radical (unpaired) electrons. The van der Waals surface area contributed by atoms with E-state index in [1.807, 2.05) is 48.5 Å². The Bertz CT molecular complexity index is 1710. The van der Waals surface area contributed by atoms with E-state index in [0.29, 0.717) is 61.3 Å². The van der Waals surface area contributed by atoms with Gasteiger partial charge in [0.05, 0.1) is 12.1 Å². The van der Waals surface area contributed by atoms with E-state index in [-0.39, 0.29) is 47.3 Å². The van der Waals surface area contributed by atoms with Crippen molar-refractivity contribution in [2.75, 3.05) is 37.8 Å². The van der Waals surface area contributed by atoms with E-state index in [9.17, 15) is 28.8 Å². The third kappa shape index (κ3) is 10.5. The molecule has 6 rings (SSSR count). The van der Waals surface area contributed by atoms with Crippen molar-refractivity contribution in [1.82, 2.24) is 31.1 Å². The highest BCUT2D eigenvalue weighted by molar-refractivity contribution is 6.05. The van der Waals surface area contributed by atoms with Gasteiger partial charge in [0.2, 0.25) is 35.4 Å². The number of likely N-dealkylation sites (tertiary alicyclic amines) is 2. The maximum absolute atomic E-state index is 14.3. The van der Waals surface area contributed by atoms with Crippen molar-refractivity contribution in [3.05, 3.63) is 48.5 Å². The fourth-order valence-corrected chi connectivity index (χ4v) is 9.57. The average molecular weight is 827 g/mol. The molecule has 6 atom stereocenters. The Morgan fingerprint density at radius 2 is 0.883 bits per heavy atom. The Morgan fingerprint density at radius 1 is 0.517 bits per heavy atom. The summed E-state index contributed by atoms with van der Waals surface area (Å²) in [6.07, 6.45) is 12.0. The van der Waals surface area contributed by atoms with Crippen LogP contribution in [-0.4, -0.2) is 109 Å². The van der Waals surface area contributed by atoms with Gasteiger partial charge in [0.1, 0.15) is 24.2 Å². The lowest BCUT2D eigenvalue weighted by molar-refractivity contribution is -0.142. The number of hydrogen-bond acceptors (Lipinski definition) is 8. The summed E-state index contributed by atoms with van der Waals surface area (Å²) in [6.45, 7) is 4.38. The summed E-state index contributed by atoms with van der Waals surface area (Å²) in [5.74, 6) is -1.49. The molecule has 2 unspecified atom stereocenters. The van der Waals surface area contributed by atoms with E-state index in [1.165, 1.54) is 0 Å². The van der Waals surface area contributed by atoms with Crippen LogP contribution in [0.5, 0.6) is 0 Å². The number of rotatable bonds is 15. The zero-order valence-corrected chi connectivity index (χ0v) is 35.9. The summed E-state index contributed by atoms with van der Waals surface area (Å²) in [5.41, 5.74) is 2.43. The van der Waals surface area contributed by atoms with Crippen LogP contribution >= 0.6 is 0 Å². The molecule has 326 valence electrons. The molecule has 2 saturated heterocycles. The number of nitrogens with one attached hydrogen (secondary N) is 6. The molecule has 14 heteroatoms. The van der Waals surface area contributed by atoms with Gasteiger partial charge in [-0.1, -0.05) is 74.9 Å². The molecule has 0 bridgehead atoms.